The van der Waals surface area contributed by atoms with E-state index in [4.69, 9.17) is 5.73 Å². The quantitative estimate of drug-likeness (QED) is 0.852. The number of hydrogen-bond acceptors (Lipinski definition) is 7. The predicted molar refractivity (Wildman–Crippen MR) is 103 cm³/mol. The van der Waals surface area contributed by atoms with Gasteiger partial charge in [-0.1, -0.05) is 12.1 Å². The van der Waals surface area contributed by atoms with Gasteiger partial charge in [-0.15, -0.1) is 0 Å². The molecule has 1 unspecified atom stereocenters. The molecule has 4 rings (SSSR count). The van der Waals surface area contributed by atoms with Gasteiger partial charge in [0.2, 0.25) is 11.9 Å². The Kier molecular flexibility index (Phi) is 4.74. The maximum absolute atomic E-state index is 5.92. The van der Waals surface area contributed by atoms with Crippen molar-refractivity contribution >= 4 is 17.6 Å². The lowest BCUT2D eigenvalue weighted by Gasteiger charge is -2.39. The maximum atomic E-state index is 5.92. The zero-order chi connectivity index (χ0) is 18.1. The minimum Gasteiger partial charge on any atom is -0.368 e. The first-order valence-corrected chi connectivity index (χ1v) is 9.39. The smallest absolute Gasteiger partial charge is 0.232 e. The summed E-state index contributed by atoms with van der Waals surface area (Å²) in [6.45, 7) is 8.34. The Balaban J connectivity index is 1.44. The Morgan fingerprint density at radius 1 is 1.19 bits per heavy atom. The Morgan fingerprint density at radius 2 is 2.04 bits per heavy atom. The highest BCUT2D eigenvalue weighted by Gasteiger charge is 2.34. The molecule has 1 aromatic heterocycles. The summed E-state index contributed by atoms with van der Waals surface area (Å²) >= 11 is 0. The van der Waals surface area contributed by atoms with Gasteiger partial charge in [0.05, 0.1) is 6.54 Å². The van der Waals surface area contributed by atoms with E-state index in [0.29, 0.717) is 18.5 Å². The van der Waals surface area contributed by atoms with Crippen molar-refractivity contribution in [1.82, 2.24) is 24.8 Å². The number of aromatic nitrogens is 3. The van der Waals surface area contributed by atoms with E-state index in [2.05, 4.69) is 56.0 Å². The van der Waals surface area contributed by atoms with E-state index in [1.54, 1.807) is 0 Å². The second-order valence-corrected chi connectivity index (χ2v) is 7.47. The Labute approximate surface area is 154 Å². The number of nitrogen functional groups attached to an aromatic ring is 1. The summed E-state index contributed by atoms with van der Waals surface area (Å²) in [5.41, 5.74) is 8.06. The fourth-order valence-electron chi connectivity index (χ4n) is 3.63. The van der Waals surface area contributed by atoms with Crippen molar-refractivity contribution in [2.45, 2.75) is 45.3 Å². The van der Waals surface area contributed by atoms with Crippen molar-refractivity contribution in [2.24, 2.45) is 0 Å². The van der Waals surface area contributed by atoms with Crippen molar-refractivity contribution in [1.29, 1.82) is 0 Å². The predicted octanol–water partition coefficient (Wildman–Crippen LogP) is 2.17. The van der Waals surface area contributed by atoms with Gasteiger partial charge >= 0.3 is 0 Å². The topological polar surface area (TPSA) is 83.2 Å². The highest BCUT2D eigenvalue weighted by Crippen LogP contribution is 2.29. The lowest BCUT2D eigenvalue weighted by Crippen LogP contribution is -2.52. The van der Waals surface area contributed by atoms with Gasteiger partial charge < -0.3 is 11.1 Å². The Bertz CT molecular complexity index is 774. The second kappa shape index (κ2) is 7.17. The van der Waals surface area contributed by atoms with Crippen LogP contribution in [0.2, 0.25) is 0 Å². The van der Waals surface area contributed by atoms with Crippen LogP contribution in [0.15, 0.2) is 24.3 Å². The number of benzene rings is 1. The molecule has 1 aromatic carbocycles. The van der Waals surface area contributed by atoms with Crippen LogP contribution in [0.3, 0.4) is 0 Å². The molecule has 1 saturated heterocycles. The Morgan fingerprint density at radius 3 is 2.77 bits per heavy atom. The molecule has 138 valence electrons. The Hall–Kier alpha value is -2.25. The van der Waals surface area contributed by atoms with Gasteiger partial charge in [0.1, 0.15) is 5.82 Å². The number of anilines is 3. The van der Waals surface area contributed by atoms with Crippen LogP contribution in [0.25, 0.3) is 0 Å². The fraction of sp³-hybridized carbons (Fsp3) is 0.526. The molecule has 26 heavy (non-hydrogen) atoms. The summed E-state index contributed by atoms with van der Waals surface area (Å²) in [6, 6.07) is 9.43. The first-order chi connectivity index (χ1) is 12.6. The molecule has 0 amide bonds. The van der Waals surface area contributed by atoms with Crippen LogP contribution in [0.1, 0.15) is 31.2 Å². The van der Waals surface area contributed by atoms with Gasteiger partial charge in [-0.2, -0.15) is 15.0 Å². The van der Waals surface area contributed by atoms with Crippen molar-refractivity contribution in [3.8, 4) is 0 Å². The molecule has 1 saturated carbocycles. The average molecular weight is 353 g/mol. The number of hydrogen-bond donors (Lipinski definition) is 2. The summed E-state index contributed by atoms with van der Waals surface area (Å²) in [4.78, 5) is 18.2. The summed E-state index contributed by atoms with van der Waals surface area (Å²) in [5, 5.41) is 3.24. The van der Waals surface area contributed by atoms with E-state index >= 15 is 0 Å². The molecule has 2 aromatic rings. The summed E-state index contributed by atoms with van der Waals surface area (Å²) < 4.78 is 0. The highest BCUT2D eigenvalue weighted by molar-refractivity contribution is 5.54. The number of rotatable bonds is 5. The number of nitrogens with one attached hydrogen (secondary N) is 1. The van der Waals surface area contributed by atoms with Crippen LogP contribution < -0.4 is 11.1 Å². The van der Waals surface area contributed by atoms with E-state index in [1.807, 2.05) is 12.1 Å². The molecule has 7 heteroatoms. The molecule has 2 aliphatic rings. The molecule has 1 aliphatic carbocycles. The molecule has 0 bridgehead atoms. The first kappa shape index (κ1) is 17.2. The van der Waals surface area contributed by atoms with Crippen molar-refractivity contribution < 1.29 is 0 Å². The summed E-state index contributed by atoms with van der Waals surface area (Å²) in [7, 11) is 0. The molecular weight excluding hydrogens is 326 g/mol. The molecule has 7 nitrogen and oxygen atoms in total. The van der Waals surface area contributed by atoms with Gasteiger partial charge in [-0.25, -0.2) is 0 Å². The van der Waals surface area contributed by atoms with Crippen molar-refractivity contribution in [3.63, 3.8) is 0 Å². The van der Waals surface area contributed by atoms with E-state index in [9.17, 15) is 0 Å². The standard InChI is InChI=1S/C19H27N7/c1-13-4-3-5-15(10-13)21-19-23-17(22-18(20)24-19)12-25-8-9-26(11-14(25)2)16-6-7-16/h3-5,10,14,16H,6-9,11-12H2,1-2H3,(H3,20,21,22,23,24). The zero-order valence-corrected chi connectivity index (χ0v) is 15.5. The molecule has 2 heterocycles. The largest absolute Gasteiger partial charge is 0.368 e. The van der Waals surface area contributed by atoms with Crippen LogP contribution in [0.4, 0.5) is 17.6 Å². The van der Waals surface area contributed by atoms with Gasteiger partial charge in [0.15, 0.2) is 0 Å². The van der Waals surface area contributed by atoms with Gasteiger partial charge in [0.25, 0.3) is 0 Å². The molecule has 0 radical (unpaired) electrons. The van der Waals surface area contributed by atoms with Crippen LogP contribution in [-0.2, 0) is 6.54 Å². The van der Waals surface area contributed by atoms with E-state index in [0.717, 1.165) is 37.2 Å². The molecule has 2 fully saturated rings. The van der Waals surface area contributed by atoms with Crippen molar-refractivity contribution in [3.05, 3.63) is 35.7 Å². The minimum absolute atomic E-state index is 0.259. The summed E-state index contributed by atoms with van der Waals surface area (Å²) in [5.74, 6) is 1.48. The van der Waals surface area contributed by atoms with Gasteiger partial charge in [0, 0.05) is 37.4 Å². The third-order valence-corrected chi connectivity index (χ3v) is 5.18. The van der Waals surface area contributed by atoms with Crippen LogP contribution in [0.5, 0.6) is 0 Å². The molecular formula is C19H27N7. The third kappa shape index (κ3) is 4.11. The van der Waals surface area contributed by atoms with Gasteiger partial charge in [-0.3, -0.25) is 9.80 Å². The SMILES string of the molecule is Cc1cccc(Nc2nc(N)nc(CN3CCN(C4CC4)CC3C)n2)c1. The first-order valence-electron chi connectivity index (χ1n) is 9.39. The monoisotopic (exact) mass is 353 g/mol. The fourth-order valence-corrected chi connectivity index (χ4v) is 3.63. The summed E-state index contributed by atoms with van der Waals surface area (Å²) in [6.07, 6.45) is 2.73. The maximum Gasteiger partial charge on any atom is 0.232 e. The molecule has 1 aliphatic heterocycles. The normalized spacial score (nSPS) is 21.7. The third-order valence-electron chi connectivity index (χ3n) is 5.18. The highest BCUT2D eigenvalue weighted by atomic mass is 15.3. The average Bonchev–Trinajstić information content (AvgIpc) is 3.41. The number of nitrogens with zero attached hydrogens (tertiary/aromatic N) is 5. The van der Waals surface area contributed by atoms with E-state index in [-0.39, 0.29) is 5.95 Å². The molecule has 1 atom stereocenters. The van der Waals surface area contributed by atoms with Gasteiger partial charge in [-0.05, 0) is 44.4 Å². The van der Waals surface area contributed by atoms with Crippen LogP contribution >= 0.6 is 0 Å². The van der Waals surface area contributed by atoms with Crippen LogP contribution in [-0.4, -0.2) is 56.5 Å². The molecule has 3 N–H and O–H groups in total. The van der Waals surface area contributed by atoms with Crippen LogP contribution in [0, 0.1) is 6.92 Å². The zero-order valence-electron chi connectivity index (χ0n) is 15.5. The van der Waals surface area contributed by atoms with E-state index < -0.39 is 0 Å². The number of nitrogens with two attached hydrogens (primary N) is 1. The molecule has 0 spiro atoms. The minimum atomic E-state index is 0.259. The number of aryl methyl sites for hydroxylation is 1. The van der Waals surface area contributed by atoms with E-state index in [1.165, 1.54) is 18.4 Å². The van der Waals surface area contributed by atoms with Crippen molar-refractivity contribution in [2.75, 3.05) is 30.7 Å². The lowest BCUT2D eigenvalue weighted by molar-refractivity contribution is 0.0710. The lowest BCUT2D eigenvalue weighted by atomic mass is 10.2. The second-order valence-electron chi connectivity index (χ2n) is 7.47. The number of piperazine rings is 1.